The molecule has 1 atom stereocenters. The molecule has 100 valence electrons. The molecule has 0 radical (unpaired) electrons. The van der Waals surface area contributed by atoms with E-state index in [2.05, 4.69) is 15.5 Å². The fourth-order valence-electron chi connectivity index (χ4n) is 2.07. The van der Waals surface area contributed by atoms with Crippen LogP contribution in [0.2, 0.25) is 0 Å². The van der Waals surface area contributed by atoms with Crippen LogP contribution in [0.25, 0.3) is 0 Å². The number of rotatable bonds is 4. The fraction of sp³-hybridized carbons (Fsp3) is 0.333. The molecule has 1 unspecified atom stereocenters. The molecule has 0 saturated carbocycles. The molecule has 0 aromatic carbocycles. The van der Waals surface area contributed by atoms with Crippen LogP contribution < -0.4 is 5.32 Å². The second-order valence-corrected chi connectivity index (χ2v) is 4.25. The van der Waals surface area contributed by atoms with E-state index in [1.165, 1.54) is 12.4 Å². The van der Waals surface area contributed by atoms with Gasteiger partial charge >= 0.3 is 5.69 Å². The largest absolute Gasteiger partial charge is 0.373 e. The van der Waals surface area contributed by atoms with Gasteiger partial charge in [0.1, 0.15) is 17.6 Å². The average molecular weight is 262 g/mol. The van der Waals surface area contributed by atoms with E-state index in [1.807, 2.05) is 20.8 Å². The minimum absolute atomic E-state index is 0.0545. The Balaban J connectivity index is 2.29. The molecule has 1 N–H and O–H groups in total. The molecule has 2 aromatic rings. The van der Waals surface area contributed by atoms with E-state index < -0.39 is 4.92 Å². The van der Waals surface area contributed by atoms with Gasteiger partial charge in [-0.25, -0.2) is 0 Å². The molecule has 0 aliphatic carbocycles. The van der Waals surface area contributed by atoms with E-state index in [9.17, 15) is 10.1 Å². The molecule has 0 aliphatic rings. The molecule has 0 bridgehead atoms. The van der Waals surface area contributed by atoms with Gasteiger partial charge in [-0.05, 0) is 26.8 Å². The van der Waals surface area contributed by atoms with E-state index in [0.29, 0.717) is 11.4 Å². The zero-order valence-corrected chi connectivity index (χ0v) is 10.9. The van der Waals surface area contributed by atoms with Crippen LogP contribution in [0.4, 0.5) is 11.4 Å². The highest BCUT2D eigenvalue weighted by Crippen LogP contribution is 2.29. The SMILES string of the molecule is Cc1noc(C)c1C(C)Nc1ccncc1[N+](=O)[O-]. The number of nitro groups is 1. The van der Waals surface area contributed by atoms with Crippen LogP contribution in [0, 0.1) is 24.0 Å². The predicted molar refractivity (Wildman–Crippen MR) is 68.9 cm³/mol. The van der Waals surface area contributed by atoms with Gasteiger partial charge in [0.05, 0.1) is 16.7 Å². The molecule has 0 saturated heterocycles. The third-order valence-electron chi connectivity index (χ3n) is 2.89. The lowest BCUT2D eigenvalue weighted by Gasteiger charge is -2.14. The average Bonchev–Trinajstić information content (AvgIpc) is 2.69. The Kier molecular flexibility index (Phi) is 3.46. The molecule has 0 spiro atoms. The van der Waals surface area contributed by atoms with Crippen molar-refractivity contribution >= 4 is 11.4 Å². The van der Waals surface area contributed by atoms with E-state index in [1.54, 1.807) is 6.07 Å². The first kappa shape index (κ1) is 13.0. The van der Waals surface area contributed by atoms with Crippen molar-refractivity contribution in [3.05, 3.63) is 45.6 Å². The van der Waals surface area contributed by atoms with Crippen molar-refractivity contribution in [1.29, 1.82) is 0 Å². The summed E-state index contributed by atoms with van der Waals surface area (Å²) in [4.78, 5) is 14.2. The Bertz CT molecular complexity index is 589. The van der Waals surface area contributed by atoms with Crippen molar-refractivity contribution < 1.29 is 9.45 Å². The molecule has 2 heterocycles. The van der Waals surface area contributed by atoms with Crippen molar-refractivity contribution in [1.82, 2.24) is 10.1 Å². The number of aromatic nitrogens is 2. The maximum absolute atomic E-state index is 10.9. The van der Waals surface area contributed by atoms with Crippen molar-refractivity contribution in [3.63, 3.8) is 0 Å². The van der Waals surface area contributed by atoms with Gasteiger partial charge in [0.2, 0.25) is 0 Å². The minimum atomic E-state index is -0.463. The summed E-state index contributed by atoms with van der Waals surface area (Å²) in [6, 6.07) is 1.43. The standard InChI is InChI=1S/C12H14N4O3/c1-7(12-8(2)15-19-9(12)3)14-10-4-5-13-6-11(10)16(17)18/h4-7H,1-3H3,(H,13,14). The van der Waals surface area contributed by atoms with Crippen LogP contribution >= 0.6 is 0 Å². The zero-order chi connectivity index (χ0) is 14.0. The van der Waals surface area contributed by atoms with E-state index in [4.69, 9.17) is 4.52 Å². The number of nitrogens with one attached hydrogen (secondary N) is 1. The summed E-state index contributed by atoms with van der Waals surface area (Å²) in [5.41, 5.74) is 2.05. The highest BCUT2D eigenvalue weighted by atomic mass is 16.6. The maximum atomic E-state index is 10.9. The minimum Gasteiger partial charge on any atom is -0.373 e. The molecule has 0 aliphatic heterocycles. The second kappa shape index (κ2) is 5.05. The predicted octanol–water partition coefficient (Wildman–Crippen LogP) is 2.77. The number of anilines is 1. The molecule has 7 heteroatoms. The normalized spacial score (nSPS) is 12.2. The van der Waals surface area contributed by atoms with Crippen molar-refractivity contribution in [2.45, 2.75) is 26.8 Å². The van der Waals surface area contributed by atoms with E-state index in [0.717, 1.165) is 11.3 Å². The van der Waals surface area contributed by atoms with Crippen molar-refractivity contribution in [2.75, 3.05) is 5.32 Å². The summed E-state index contributed by atoms with van der Waals surface area (Å²) < 4.78 is 5.10. The highest BCUT2D eigenvalue weighted by Gasteiger charge is 2.20. The molecule has 19 heavy (non-hydrogen) atoms. The summed E-state index contributed by atoms with van der Waals surface area (Å²) in [6.07, 6.45) is 2.73. The Morgan fingerprint density at radius 3 is 2.79 bits per heavy atom. The van der Waals surface area contributed by atoms with Gasteiger partial charge in [0.25, 0.3) is 0 Å². The van der Waals surface area contributed by atoms with Crippen molar-refractivity contribution in [3.8, 4) is 0 Å². The Hall–Kier alpha value is -2.44. The summed E-state index contributed by atoms with van der Waals surface area (Å²) >= 11 is 0. The number of aryl methyl sites for hydroxylation is 2. The quantitative estimate of drug-likeness (QED) is 0.672. The number of pyridine rings is 1. The highest BCUT2D eigenvalue weighted by molar-refractivity contribution is 5.60. The third-order valence-corrected chi connectivity index (χ3v) is 2.89. The topological polar surface area (TPSA) is 94.1 Å². The lowest BCUT2D eigenvalue weighted by Crippen LogP contribution is -2.10. The Morgan fingerprint density at radius 2 is 2.21 bits per heavy atom. The Labute approximate surface area is 109 Å². The van der Waals surface area contributed by atoms with Crippen LogP contribution in [-0.4, -0.2) is 15.1 Å². The van der Waals surface area contributed by atoms with Crippen molar-refractivity contribution in [2.24, 2.45) is 0 Å². The second-order valence-electron chi connectivity index (χ2n) is 4.25. The van der Waals surface area contributed by atoms with Gasteiger partial charge in [0, 0.05) is 11.8 Å². The third kappa shape index (κ3) is 2.54. The summed E-state index contributed by atoms with van der Waals surface area (Å²) in [7, 11) is 0. The van der Waals surface area contributed by atoms with Crippen LogP contribution in [0.1, 0.15) is 30.0 Å². The van der Waals surface area contributed by atoms with Gasteiger partial charge in [0.15, 0.2) is 0 Å². The fourth-order valence-corrected chi connectivity index (χ4v) is 2.07. The first-order chi connectivity index (χ1) is 9.00. The molecular formula is C12H14N4O3. The first-order valence-electron chi connectivity index (χ1n) is 5.78. The molecular weight excluding hydrogens is 248 g/mol. The van der Waals surface area contributed by atoms with Crippen LogP contribution in [-0.2, 0) is 0 Å². The van der Waals surface area contributed by atoms with Gasteiger partial charge in [-0.2, -0.15) is 0 Å². The molecule has 0 fully saturated rings. The zero-order valence-electron chi connectivity index (χ0n) is 10.9. The smallest absolute Gasteiger partial charge is 0.310 e. The van der Waals surface area contributed by atoms with Crippen LogP contribution in [0.5, 0.6) is 0 Å². The molecule has 2 aromatic heterocycles. The van der Waals surface area contributed by atoms with Gasteiger partial charge in [-0.3, -0.25) is 15.1 Å². The summed E-state index contributed by atoms with van der Waals surface area (Å²) in [5, 5.41) is 17.9. The monoisotopic (exact) mass is 262 g/mol. The summed E-state index contributed by atoms with van der Waals surface area (Å²) in [6.45, 7) is 5.55. The van der Waals surface area contributed by atoms with Crippen LogP contribution in [0.3, 0.4) is 0 Å². The first-order valence-corrected chi connectivity index (χ1v) is 5.78. The van der Waals surface area contributed by atoms with Crippen LogP contribution in [0.15, 0.2) is 23.0 Å². The van der Waals surface area contributed by atoms with Gasteiger partial charge in [-0.1, -0.05) is 5.16 Å². The molecule has 0 amide bonds. The number of hydrogen-bond acceptors (Lipinski definition) is 6. The maximum Gasteiger partial charge on any atom is 0.310 e. The molecule has 7 nitrogen and oxygen atoms in total. The van der Waals surface area contributed by atoms with Gasteiger partial charge in [-0.15, -0.1) is 0 Å². The summed E-state index contributed by atoms with van der Waals surface area (Å²) in [5.74, 6) is 0.703. The lowest BCUT2D eigenvalue weighted by molar-refractivity contribution is -0.384. The lowest BCUT2D eigenvalue weighted by atomic mass is 10.1. The number of nitrogens with zero attached hydrogens (tertiary/aromatic N) is 3. The van der Waals surface area contributed by atoms with E-state index in [-0.39, 0.29) is 11.7 Å². The number of hydrogen-bond donors (Lipinski definition) is 1. The van der Waals surface area contributed by atoms with Gasteiger partial charge < -0.3 is 9.84 Å². The van der Waals surface area contributed by atoms with E-state index >= 15 is 0 Å². The Morgan fingerprint density at radius 1 is 1.47 bits per heavy atom. The molecule has 2 rings (SSSR count).